The van der Waals surface area contributed by atoms with Crippen molar-refractivity contribution in [3.63, 3.8) is 0 Å². The molecule has 1 atom stereocenters. The molecule has 1 amide bonds. The number of nitrogens with zero attached hydrogens (tertiary/aromatic N) is 2. The molecule has 0 fully saturated rings. The Bertz CT molecular complexity index is 762. The number of aromatic amines is 1. The predicted molar refractivity (Wildman–Crippen MR) is 96.0 cm³/mol. The maximum absolute atomic E-state index is 12.9. The first-order valence-corrected chi connectivity index (χ1v) is 8.47. The second-order valence-corrected chi connectivity index (χ2v) is 6.93. The van der Waals surface area contributed by atoms with E-state index in [1.807, 2.05) is 61.8 Å². The van der Waals surface area contributed by atoms with Crippen LogP contribution in [0.1, 0.15) is 22.1 Å². The highest BCUT2D eigenvalue weighted by atomic mass is 32.1. The quantitative estimate of drug-likeness (QED) is 0.777. The van der Waals surface area contributed by atoms with Crippen LogP contribution in [0.15, 0.2) is 47.8 Å². The first-order valence-electron chi connectivity index (χ1n) is 7.59. The van der Waals surface area contributed by atoms with Crippen molar-refractivity contribution in [2.24, 2.45) is 0 Å². The van der Waals surface area contributed by atoms with Gasteiger partial charge in [0.25, 0.3) is 5.91 Å². The van der Waals surface area contributed by atoms with E-state index in [4.69, 9.17) is 0 Å². The van der Waals surface area contributed by atoms with Gasteiger partial charge in [-0.25, -0.2) is 0 Å². The van der Waals surface area contributed by atoms with E-state index < -0.39 is 0 Å². The Labute approximate surface area is 140 Å². The number of nitrogens with one attached hydrogen (secondary N) is 1. The zero-order valence-corrected chi connectivity index (χ0v) is 14.4. The largest absolute Gasteiger partial charge is 0.350 e. The third kappa shape index (κ3) is 3.30. The summed E-state index contributed by atoms with van der Waals surface area (Å²) in [6.07, 6.45) is 0. The van der Waals surface area contributed by atoms with E-state index >= 15 is 0 Å². The topological polar surface area (TPSA) is 39.3 Å². The van der Waals surface area contributed by atoms with Gasteiger partial charge in [0.15, 0.2) is 0 Å². The fourth-order valence-corrected chi connectivity index (χ4v) is 3.55. The molecule has 23 heavy (non-hydrogen) atoms. The molecule has 3 aromatic rings. The third-order valence-corrected chi connectivity index (χ3v) is 4.84. The molecule has 1 N–H and O–H groups in total. The lowest BCUT2D eigenvalue weighted by Gasteiger charge is -2.30. The second-order valence-electron chi connectivity index (χ2n) is 5.99. The minimum atomic E-state index is 0.0139. The molecule has 0 saturated heterocycles. The van der Waals surface area contributed by atoms with Crippen molar-refractivity contribution in [1.82, 2.24) is 14.8 Å². The molecule has 2 heterocycles. The van der Waals surface area contributed by atoms with E-state index in [0.717, 1.165) is 22.3 Å². The van der Waals surface area contributed by atoms with Crippen LogP contribution in [0, 0.1) is 0 Å². The number of hydrogen-bond acceptors (Lipinski definition) is 3. The summed E-state index contributed by atoms with van der Waals surface area (Å²) >= 11 is 1.64. The number of likely N-dealkylation sites (N-methyl/N-ethyl adjacent to an activating group) is 2. The summed E-state index contributed by atoms with van der Waals surface area (Å²) in [5.74, 6) is 0.0177. The highest BCUT2D eigenvalue weighted by molar-refractivity contribution is 7.17. The van der Waals surface area contributed by atoms with Crippen LogP contribution < -0.4 is 0 Å². The molecular formula is C18H21N3OS. The van der Waals surface area contributed by atoms with Crippen molar-refractivity contribution in [2.45, 2.75) is 6.04 Å². The van der Waals surface area contributed by atoms with Crippen LogP contribution in [-0.2, 0) is 0 Å². The Kier molecular flexibility index (Phi) is 4.50. The molecule has 0 aliphatic rings. The number of aromatic nitrogens is 1. The van der Waals surface area contributed by atoms with Crippen molar-refractivity contribution in [2.75, 3.05) is 27.7 Å². The van der Waals surface area contributed by atoms with Gasteiger partial charge in [0.05, 0.1) is 16.3 Å². The zero-order chi connectivity index (χ0) is 16.4. The zero-order valence-electron chi connectivity index (χ0n) is 13.6. The summed E-state index contributed by atoms with van der Waals surface area (Å²) in [6.45, 7) is 0.779. The third-order valence-electron chi connectivity index (χ3n) is 3.98. The van der Waals surface area contributed by atoms with Crippen LogP contribution in [0.25, 0.3) is 10.2 Å². The van der Waals surface area contributed by atoms with Crippen LogP contribution in [-0.4, -0.2) is 48.4 Å². The maximum atomic E-state index is 12.9. The summed E-state index contributed by atoms with van der Waals surface area (Å²) in [7, 11) is 5.93. The number of carbonyl (C=O) groups is 1. The minimum absolute atomic E-state index is 0.0139. The van der Waals surface area contributed by atoms with Crippen molar-refractivity contribution < 1.29 is 4.79 Å². The van der Waals surface area contributed by atoms with E-state index in [1.54, 1.807) is 11.3 Å². The Morgan fingerprint density at radius 1 is 1.17 bits per heavy atom. The van der Waals surface area contributed by atoms with Crippen molar-refractivity contribution >= 4 is 27.5 Å². The molecule has 1 unspecified atom stereocenters. The summed E-state index contributed by atoms with van der Waals surface area (Å²) in [4.78, 5) is 20.0. The number of fused-ring (bicyclic) bond motifs is 1. The highest BCUT2D eigenvalue weighted by Gasteiger charge is 2.24. The number of rotatable bonds is 5. The smallest absolute Gasteiger partial charge is 0.270 e. The van der Waals surface area contributed by atoms with Crippen LogP contribution in [0.2, 0.25) is 0 Å². The molecule has 0 saturated carbocycles. The molecule has 4 nitrogen and oxygen atoms in total. The highest BCUT2D eigenvalue weighted by Crippen LogP contribution is 2.25. The Morgan fingerprint density at radius 3 is 2.57 bits per heavy atom. The average molecular weight is 327 g/mol. The van der Waals surface area contributed by atoms with Gasteiger partial charge in [-0.1, -0.05) is 30.3 Å². The second kappa shape index (κ2) is 6.56. The molecule has 5 heteroatoms. The molecule has 3 rings (SSSR count). The summed E-state index contributed by atoms with van der Waals surface area (Å²) < 4.78 is 1.12. The lowest BCUT2D eigenvalue weighted by molar-refractivity contribution is 0.0700. The first-order chi connectivity index (χ1) is 11.1. The van der Waals surface area contributed by atoms with Gasteiger partial charge in [-0.3, -0.25) is 4.79 Å². The molecule has 0 aliphatic carbocycles. The lowest BCUT2D eigenvalue weighted by atomic mass is 10.0. The molecule has 120 valence electrons. The predicted octanol–water partition coefficient (Wildman–Crippen LogP) is 3.60. The fourth-order valence-electron chi connectivity index (χ4n) is 2.77. The van der Waals surface area contributed by atoms with Crippen LogP contribution in [0.5, 0.6) is 0 Å². The molecular weight excluding hydrogens is 306 g/mol. The molecule has 0 radical (unpaired) electrons. The van der Waals surface area contributed by atoms with Gasteiger partial charge in [-0.15, -0.1) is 11.3 Å². The molecule has 0 aliphatic heterocycles. The number of thiophene rings is 1. The number of benzene rings is 1. The van der Waals surface area contributed by atoms with Crippen molar-refractivity contribution in [3.05, 3.63) is 59.1 Å². The van der Waals surface area contributed by atoms with Crippen LogP contribution in [0.4, 0.5) is 0 Å². The SMILES string of the molecule is CN(C)CC(c1ccccc1)N(C)C(=O)c1cc2sccc2[nH]1. The normalized spacial score (nSPS) is 12.7. The standard InChI is InChI=1S/C18H21N3OS/c1-20(2)12-16(13-7-5-4-6-8-13)21(3)18(22)15-11-17-14(19-15)9-10-23-17/h4-11,16,19H,12H2,1-3H3. The number of carbonyl (C=O) groups excluding carboxylic acids is 1. The minimum Gasteiger partial charge on any atom is -0.350 e. The summed E-state index contributed by atoms with van der Waals surface area (Å²) in [5.41, 5.74) is 2.81. The van der Waals surface area contributed by atoms with Crippen molar-refractivity contribution in [1.29, 1.82) is 0 Å². The van der Waals surface area contributed by atoms with E-state index in [1.165, 1.54) is 0 Å². The fraction of sp³-hybridized carbons (Fsp3) is 0.278. The van der Waals surface area contributed by atoms with Gasteiger partial charge in [0, 0.05) is 13.6 Å². The van der Waals surface area contributed by atoms with Crippen LogP contribution in [0.3, 0.4) is 0 Å². The van der Waals surface area contributed by atoms with Gasteiger partial charge in [-0.2, -0.15) is 0 Å². The van der Waals surface area contributed by atoms with E-state index in [9.17, 15) is 4.79 Å². The summed E-state index contributed by atoms with van der Waals surface area (Å²) in [5, 5.41) is 2.03. The lowest BCUT2D eigenvalue weighted by Crippen LogP contribution is -2.37. The number of H-pyrrole nitrogens is 1. The van der Waals surface area contributed by atoms with Gasteiger partial charge < -0.3 is 14.8 Å². The van der Waals surface area contributed by atoms with E-state index in [2.05, 4.69) is 22.0 Å². The average Bonchev–Trinajstić information content (AvgIpc) is 3.13. The molecule has 0 bridgehead atoms. The Morgan fingerprint density at radius 2 is 1.91 bits per heavy atom. The van der Waals surface area contributed by atoms with Crippen molar-refractivity contribution in [3.8, 4) is 0 Å². The summed E-state index contributed by atoms with van der Waals surface area (Å²) in [6, 6.07) is 14.1. The van der Waals surface area contributed by atoms with Gasteiger partial charge >= 0.3 is 0 Å². The van der Waals surface area contributed by atoms with E-state index in [0.29, 0.717) is 5.69 Å². The van der Waals surface area contributed by atoms with E-state index in [-0.39, 0.29) is 11.9 Å². The van der Waals surface area contributed by atoms with Gasteiger partial charge in [0.2, 0.25) is 0 Å². The Balaban J connectivity index is 1.88. The molecule has 0 spiro atoms. The van der Waals surface area contributed by atoms with Gasteiger partial charge in [-0.05, 0) is 37.2 Å². The molecule has 2 aromatic heterocycles. The first kappa shape index (κ1) is 15.8. The monoisotopic (exact) mass is 327 g/mol. The van der Waals surface area contributed by atoms with Gasteiger partial charge in [0.1, 0.15) is 5.69 Å². The molecule has 1 aromatic carbocycles. The number of hydrogen-bond donors (Lipinski definition) is 1. The van der Waals surface area contributed by atoms with Crippen LogP contribution >= 0.6 is 11.3 Å². The maximum Gasteiger partial charge on any atom is 0.270 e. The Hall–Kier alpha value is -2.11. The number of amides is 1.